The van der Waals surface area contributed by atoms with E-state index in [9.17, 15) is 20.4 Å². The minimum absolute atomic E-state index is 0.114. The molecule has 6 atom stereocenters. The van der Waals surface area contributed by atoms with Crippen LogP contribution in [0, 0.1) is 17.8 Å². The van der Waals surface area contributed by atoms with Crippen molar-refractivity contribution in [1.82, 2.24) is 0 Å². The molecular formula is C21H40O5. The molecule has 0 aromatic heterocycles. The van der Waals surface area contributed by atoms with Crippen molar-refractivity contribution in [3.8, 4) is 0 Å². The normalized spacial score (nSPS) is 29.5. The van der Waals surface area contributed by atoms with Gasteiger partial charge in [0.2, 0.25) is 0 Å². The maximum Gasteiger partial charge on any atom is 0.120 e. The third kappa shape index (κ3) is 7.55. The maximum absolute atomic E-state index is 10.6. The highest BCUT2D eigenvalue weighted by Gasteiger charge is 2.40. The lowest BCUT2D eigenvalue weighted by molar-refractivity contribution is -0.0501. The van der Waals surface area contributed by atoms with Crippen LogP contribution in [0.2, 0.25) is 0 Å². The van der Waals surface area contributed by atoms with Crippen LogP contribution in [-0.4, -0.2) is 50.5 Å². The Hall–Kier alpha value is -0.620. The van der Waals surface area contributed by atoms with Gasteiger partial charge in [-0.15, -0.1) is 0 Å². The summed E-state index contributed by atoms with van der Waals surface area (Å²) in [4.78, 5) is 0. The average molecular weight is 373 g/mol. The summed E-state index contributed by atoms with van der Waals surface area (Å²) in [6.45, 7) is 4.18. The molecule has 6 unspecified atom stereocenters. The number of hydrogen-bond donors (Lipinski definition) is 5. The smallest absolute Gasteiger partial charge is 0.120 e. The van der Waals surface area contributed by atoms with E-state index in [2.05, 4.69) is 13.8 Å². The molecule has 0 aliphatic heterocycles. The Balaban J connectivity index is 2.76. The number of aliphatic hydroxyl groups is 5. The zero-order valence-electron chi connectivity index (χ0n) is 16.6. The molecule has 154 valence electrons. The molecule has 5 nitrogen and oxygen atoms in total. The van der Waals surface area contributed by atoms with Crippen molar-refractivity contribution in [1.29, 1.82) is 0 Å². The van der Waals surface area contributed by atoms with Gasteiger partial charge < -0.3 is 25.5 Å². The van der Waals surface area contributed by atoms with E-state index in [1.165, 1.54) is 25.3 Å². The standard InChI is InChI=1S/C21H40O5/c1-3-5-7-9-16-13-19(24)18(12-15(16)8-6-4-2)21(26)20(25)14-17(23)10-11-22/h14-19,21-26H,3-13H2,1-2H3/b20-14+. The van der Waals surface area contributed by atoms with Crippen LogP contribution in [0.5, 0.6) is 0 Å². The second kappa shape index (κ2) is 12.7. The van der Waals surface area contributed by atoms with Crippen LogP contribution >= 0.6 is 0 Å². The van der Waals surface area contributed by atoms with Crippen LogP contribution in [0.4, 0.5) is 0 Å². The van der Waals surface area contributed by atoms with E-state index in [0.29, 0.717) is 24.7 Å². The predicted octanol–water partition coefficient (Wildman–Crippen LogP) is 3.31. The molecule has 0 amide bonds. The second-order valence-electron chi connectivity index (χ2n) is 7.98. The van der Waals surface area contributed by atoms with Crippen molar-refractivity contribution in [2.75, 3.05) is 6.61 Å². The van der Waals surface area contributed by atoms with E-state index >= 15 is 0 Å². The number of rotatable bonds is 12. The Labute approximate surface area is 158 Å². The fourth-order valence-corrected chi connectivity index (χ4v) is 4.28. The molecule has 0 heterocycles. The van der Waals surface area contributed by atoms with Gasteiger partial charge in [-0.3, -0.25) is 0 Å². The number of unbranched alkanes of at least 4 members (excludes halogenated alkanes) is 3. The number of hydrogen-bond acceptors (Lipinski definition) is 5. The summed E-state index contributed by atoms with van der Waals surface area (Å²) in [6.07, 6.45) is 7.95. The second-order valence-corrected chi connectivity index (χ2v) is 7.98. The van der Waals surface area contributed by atoms with E-state index in [4.69, 9.17) is 5.11 Å². The van der Waals surface area contributed by atoms with Gasteiger partial charge in [0.15, 0.2) is 0 Å². The first-order chi connectivity index (χ1) is 12.4. The zero-order valence-corrected chi connectivity index (χ0v) is 16.6. The Bertz CT molecular complexity index is 398. The highest BCUT2D eigenvalue weighted by molar-refractivity contribution is 5.06. The van der Waals surface area contributed by atoms with Crippen LogP contribution in [0.1, 0.15) is 78.1 Å². The lowest BCUT2D eigenvalue weighted by Crippen LogP contribution is -2.42. The molecule has 5 N–H and O–H groups in total. The molecule has 0 aromatic carbocycles. The first-order valence-corrected chi connectivity index (χ1v) is 10.5. The summed E-state index contributed by atoms with van der Waals surface area (Å²) in [5.74, 6) is 0.244. The molecule has 0 spiro atoms. The van der Waals surface area contributed by atoms with Crippen molar-refractivity contribution >= 4 is 0 Å². The average Bonchev–Trinajstić information content (AvgIpc) is 2.60. The lowest BCUT2D eigenvalue weighted by Gasteiger charge is -2.41. The summed E-state index contributed by atoms with van der Waals surface area (Å²) >= 11 is 0. The largest absolute Gasteiger partial charge is 0.510 e. The molecular weight excluding hydrogens is 332 g/mol. The molecule has 0 saturated heterocycles. The summed E-state index contributed by atoms with van der Waals surface area (Å²) in [5, 5.41) is 49.8. The van der Waals surface area contributed by atoms with Gasteiger partial charge in [0.1, 0.15) is 11.9 Å². The summed E-state index contributed by atoms with van der Waals surface area (Å²) < 4.78 is 0. The van der Waals surface area contributed by atoms with Gasteiger partial charge in [0.25, 0.3) is 0 Å². The van der Waals surface area contributed by atoms with Gasteiger partial charge in [0, 0.05) is 18.9 Å². The van der Waals surface area contributed by atoms with Gasteiger partial charge in [-0.1, -0.05) is 58.8 Å². The van der Waals surface area contributed by atoms with Crippen LogP contribution in [0.25, 0.3) is 0 Å². The molecule has 1 rings (SSSR count). The molecule has 0 bridgehead atoms. The Morgan fingerprint density at radius 2 is 1.62 bits per heavy atom. The lowest BCUT2D eigenvalue weighted by atomic mass is 9.67. The first-order valence-electron chi connectivity index (χ1n) is 10.5. The van der Waals surface area contributed by atoms with Crippen molar-refractivity contribution in [3.63, 3.8) is 0 Å². The Kier molecular flexibility index (Phi) is 11.4. The number of aliphatic hydroxyl groups excluding tert-OH is 5. The summed E-state index contributed by atoms with van der Waals surface area (Å²) in [5.41, 5.74) is 0. The minimum atomic E-state index is -1.17. The van der Waals surface area contributed by atoms with E-state index in [-0.39, 0.29) is 18.8 Å². The van der Waals surface area contributed by atoms with Crippen LogP contribution in [0.3, 0.4) is 0 Å². The molecule has 1 fully saturated rings. The van der Waals surface area contributed by atoms with E-state index in [1.807, 2.05) is 0 Å². The molecule has 1 aliphatic rings. The predicted molar refractivity (Wildman–Crippen MR) is 104 cm³/mol. The zero-order chi connectivity index (χ0) is 19.5. The van der Waals surface area contributed by atoms with Crippen molar-refractivity contribution in [3.05, 3.63) is 11.8 Å². The molecule has 5 heteroatoms. The van der Waals surface area contributed by atoms with Gasteiger partial charge in [-0.25, -0.2) is 0 Å². The fourth-order valence-electron chi connectivity index (χ4n) is 4.28. The van der Waals surface area contributed by atoms with E-state index < -0.39 is 24.2 Å². The molecule has 26 heavy (non-hydrogen) atoms. The molecule has 1 saturated carbocycles. The summed E-state index contributed by atoms with van der Waals surface area (Å²) in [6, 6.07) is 0. The minimum Gasteiger partial charge on any atom is -0.510 e. The highest BCUT2D eigenvalue weighted by atomic mass is 16.3. The topological polar surface area (TPSA) is 101 Å². The Morgan fingerprint density at radius 3 is 2.23 bits per heavy atom. The SMILES string of the molecule is CCCCCC1CC(O)C(C(O)/C(O)=C\C(O)CCO)CC1CCCC. The van der Waals surface area contributed by atoms with Gasteiger partial charge in [-0.2, -0.15) is 0 Å². The van der Waals surface area contributed by atoms with Crippen LogP contribution in [-0.2, 0) is 0 Å². The van der Waals surface area contributed by atoms with Gasteiger partial charge in [-0.05, 0) is 30.8 Å². The molecule has 0 aromatic rings. The van der Waals surface area contributed by atoms with Gasteiger partial charge in [0.05, 0.1) is 12.2 Å². The van der Waals surface area contributed by atoms with Crippen molar-refractivity contribution in [2.24, 2.45) is 17.8 Å². The van der Waals surface area contributed by atoms with Gasteiger partial charge >= 0.3 is 0 Å². The fraction of sp³-hybridized carbons (Fsp3) is 0.905. The van der Waals surface area contributed by atoms with E-state index in [0.717, 1.165) is 25.7 Å². The maximum atomic E-state index is 10.6. The highest BCUT2D eigenvalue weighted by Crippen LogP contribution is 2.41. The third-order valence-corrected chi connectivity index (χ3v) is 5.88. The molecule has 1 aliphatic carbocycles. The molecule has 0 radical (unpaired) electrons. The van der Waals surface area contributed by atoms with Crippen LogP contribution in [0.15, 0.2) is 11.8 Å². The third-order valence-electron chi connectivity index (χ3n) is 5.88. The Morgan fingerprint density at radius 1 is 1.00 bits per heavy atom. The summed E-state index contributed by atoms with van der Waals surface area (Å²) in [7, 11) is 0. The quantitative estimate of drug-likeness (QED) is 0.267. The monoisotopic (exact) mass is 372 g/mol. The van der Waals surface area contributed by atoms with E-state index in [1.54, 1.807) is 0 Å². The van der Waals surface area contributed by atoms with Crippen molar-refractivity contribution in [2.45, 2.75) is 96.4 Å². The van der Waals surface area contributed by atoms with Crippen molar-refractivity contribution < 1.29 is 25.5 Å². The first kappa shape index (κ1) is 23.4. The van der Waals surface area contributed by atoms with Crippen LogP contribution < -0.4 is 0 Å².